The summed E-state index contributed by atoms with van der Waals surface area (Å²) in [6.45, 7) is 6.25. The molecule has 0 unspecified atom stereocenters. The molecule has 2 amide bonds. The second-order valence-corrected chi connectivity index (χ2v) is 13.5. The molecule has 13 heteroatoms. The fourth-order valence-corrected chi connectivity index (χ4v) is 6.75. The van der Waals surface area contributed by atoms with Crippen LogP contribution in [0, 0.1) is 6.92 Å². The van der Waals surface area contributed by atoms with Gasteiger partial charge in [-0.2, -0.15) is 5.10 Å². The van der Waals surface area contributed by atoms with Crippen molar-refractivity contribution in [3.8, 4) is 17.1 Å². The highest BCUT2D eigenvalue weighted by molar-refractivity contribution is 9.10. The number of carbonyl (C=O) groups is 2. The van der Waals surface area contributed by atoms with Gasteiger partial charge in [0.15, 0.2) is 5.82 Å². The topological polar surface area (TPSA) is 140 Å². The van der Waals surface area contributed by atoms with Gasteiger partial charge in [0.1, 0.15) is 5.69 Å². The summed E-state index contributed by atoms with van der Waals surface area (Å²) in [5.74, 6) is -0.119. The smallest absolute Gasteiger partial charge is 0.333 e. The zero-order valence-electron chi connectivity index (χ0n) is 27.7. The lowest BCUT2D eigenvalue weighted by Crippen LogP contribution is -2.47. The number of aromatic nitrogens is 6. The second kappa shape index (κ2) is 13.5. The van der Waals surface area contributed by atoms with E-state index >= 15 is 0 Å². The van der Waals surface area contributed by atoms with Crippen LogP contribution in [0.5, 0.6) is 0 Å². The van der Waals surface area contributed by atoms with Crippen LogP contribution >= 0.6 is 15.9 Å². The molecule has 0 spiro atoms. The number of hydrogen-bond acceptors (Lipinski definition) is 7. The molecule has 0 bridgehead atoms. The zero-order chi connectivity index (χ0) is 35.1. The van der Waals surface area contributed by atoms with Crippen LogP contribution in [0.3, 0.4) is 0 Å². The predicted octanol–water partition coefficient (Wildman–Crippen LogP) is 4.87. The largest absolute Gasteiger partial charge is 0.391 e. The van der Waals surface area contributed by atoms with Crippen molar-refractivity contribution in [2.45, 2.75) is 59.1 Å². The molecular formula is C37H35BrN8O4. The summed E-state index contributed by atoms with van der Waals surface area (Å²) in [5.41, 5.74) is 4.52. The molecule has 1 aliphatic rings. The molecule has 12 nitrogen and oxygen atoms in total. The highest BCUT2D eigenvalue weighted by atomic mass is 79.9. The predicted molar refractivity (Wildman–Crippen MR) is 192 cm³/mol. The number of rotatable bonds is 8. The van der Waals surface area contributed by atoms with Gasteiger partial charge in [-0.15, -0.1) is 0 Å². The molecule has 4 heterocycles. The summed E-state index contributed by atoms with van der Waals surface area (Å²) in [7, 11) is 0. The molecule has 50 heavy (non-hydrogen) atoms. The van der Waals surface area contributed by atoms with Gasteiger partial charge in [0.2, 0.25) is 0 Å². The summed E-state index contributed by atoms with van der Waals surface area (Å²) in [6, 6.07) is 19.8. The van der Waals surface area contributed by atoms with Gasteiger partial charge < -0.3 is 15.3 Å². The Bertz CT molecular complexity index is 2310. The first-order valence-corrected chi connectivity index (χ1v) is 17.1. The molecule has 2 atom stereocenters. The van der Waals surface area contributed by atoms with Crippen LogP contribution < -0.4 is 11.0 Å². The number of benzene rings is 3. The van der Waals surface area contributed by atoms with Gasteiger partial charge in [0.05, 0.1) is 42.3 Å². The zero-order valence-corrected chi connectivity index (χ0v) is 29.3. The van der Waals surface area contributed by atoms with Gasteiger partial charge in [0, 0.05) is 52.5 Å². The Balaban J connectivity index is 1.30. The average molecular weight is 736 g/mol. The first kappa shape index (κ1) is 33.1. The fourth-order valence-electron chi connectivity index (χ4n) is 6.50. The molecule has 3 aromatic heterocycles. The Labute approximate surface area is 296 Å². The number of aryl methyl sites for hydroxylation is 1. The number of nitrogens with zero attached hydrogens (tertiary/aromatic N) is 7. The highest BCUT2D eigenvalue weighted by Gasteiger charge is 2.35. The number of fused-ring (bicyclic) bond motifs is 2. The third kappa shape index (κ3) is 6.14. The van der Waals surface area contributed by atoms with Crippen LogP contribution in [0.15, 0.2) is 94.6 Å². The Morgan fingerprint density at radius 3 is 2.60 bits per heavy atom. The summed E-state index contributed by atoms with van der Waals surface area (Å²) in [6.07, 6.45) is 4.41. The van der Waals surface area contributed by atoms with Crippen molar-refractivity contribution < 1.29 is 14.7 Å². The Hall–Kier alpha value is -5.40. The molecule has 0 saturated heterocycles. The van der Waals surface area contributed by atoms with Crippen molar-refractivity contribution >= 4 is 38.6 Å². The lowest BCUT2D eigenvalue weighted by molar-refractivity contribution is 0.0610. The van der Waals surface area contributed by atoms with Crippen molar-refractivity contribution in [3.05, 3.63) is 128 Å². The second-order valence-electron chi connectivity index (χ2n) is 12.6. The van der Waals surface area contributed by atoms with Crippen LogP contribution in [-0.4, -0.2) is 62.8 Å². The van der Waals surface area contributed by atoms with Crippen LogP contribution in [0.2, 0.25) is 0 Å². The van der Waals surface area contributed by atoms with Crippen LogP contribution in [0.25, 0.3) is 28.0 Å². The standard InChI is InChI=1S/C37H35BrN8O4/c1-22-15-25(9-11-30(22)38)36(49)43-21-32-33(35(48)41-17-26-7-4-5-8-29(26)34-39-13-6-14-40-34)46(37(50)44(32)19-23(43)2)28-10-12-31-27(16-28)18-42-45(31)20-24(3)47/h4-16,18,23-24,47H,17,19-21H2,1-3H3,(H,41,48)/t23-,24-/m1/s1. The first-order valence-electron chi connectivity index (χ1n) is 16.3. The van der Waals surface area contributed by atoms with Crippen LogP contribution in [0.4, 0.5) is 0 Å². The number of amides is 2. The fraction of sp³-hybridized carbons (Fsp3) is 0.243. The highest BCUT2D eigenvalue weighted by Crippen LogP contribution is 2.28. The third-order valence-corrected chi connectivity index (χ3v) is 9.90. The molecule has 3 aromatic carbocycles. The van der Waals surface area contributed by atoms with Crippen molar-refractivity contribution in [1.82, 2.24) is 39.1 Å². The van der Waals surface area contributed by atoms with E-state index in [4.69, 9.17) is 0 Å². The SMILES string of the molecule is Cc1cc(C(=O)N2Cc3c(C(=O)NCc4ccccc4-c4ncccn4)n(-c4ccc5c(cnn5C[C@@H](C)O)c4)c(=O)n3C[C@H]2C)ccc1Br. The van der Waals surface area contributed by atoms with Gasteiger partial charge in [0.25, 0.3) is 11.8 Å². The Kier molecular flexibility index (Phi) is 8.93. The molecular weight excluding hydrogens is 700 g/mol. The summed E-state index contributed by atoms with van der Waals surface area (Å²) >= 11 is 3.51. The lowest BCUT2D eigenvalue weighted by Gasteiger charge is -2.34. The number of nitrogens with one attached hydrogen (secondary N) is 1. The molecule has 6 aromatic rings. The van der Waals surface area contributed by atoms with Crippen molar-refractivity contribution in [1.29, 1.82) is 0 Å². The van der Waals surface area contributed by atoms with Gasteiger partial charge in [-0.3, -0.25) is 23.4 Å². The maximum Gasteiger partial charge on any atom is 0.333 e. The summed E-state index contributed by atoms with van der Waals surface area (Å²) < 4.78 is 5.63. The molecule has 2 N–H and O–H groups in total. The lowest BCUT2D eigenvalue weighted by atomic mass is 10.1. The van der Waals surface area contributed by atoms with E-state index in [-0.39, 0.29) is 43.0 Å². The quantitative estimate of drug-likeness (QED) is 0.227. The number of hydrogen-bond donors (Lipinski definition) is 2. The Morgan fingerprint density at radius 1 is 1.06 bits per heavy atom. The molecule has 7 rings (SSSR count). The van der Waals surface area contributed by atoms with E-state index in [2.05, 4.69) is 36.3 Å². The summed E-state index contributed by atoms with van der Waals surface area (Å²) in [5, 5.41) is 18.2. The molecule has 0 radical (unpaired) electrons. The maximum absolute atomic E-state index is 14.4. The molecule has 0 saturated carbocycles. The van der Waals surface area contributed by atoms with Crippen molar-refractivity contribution in [2.24, 2.45) is 0 Å². The van der Waals surface area contributed by atoms with E-state index in [0.717, 1.165) is 32.1 Å². The van der Waals surface area contributed by atoms with Gasteiger partial charge in [-0.05, 0) is 74.4 Å². The minimum Gasteiger partial charge on any atom is -0.391 e. The van der Waals surface area contributed by atoms with Gasteiger partial charge in [-0.25, -0.2) is 14.8 Å². The normalized spacial score (nSPS) is 14.8. The molecule has 1 aliphatic heterocycles. The van der Waals surface area contributed by atoms with E-state index in [9.17, 15) is 19.5 Å². The summed E-state index contributed by atoms with van der Waals surface area (Å²) in [4.78, 5) is 53.1. The first-order chi connectivity index (χ1) is 24.1. The van der Waals surface area contributed by atoms with E-state index in [0.29, 0.717) is 29.3 Å². The van der Waals surface area contributed by atoms with Crippen molar-refractivity contribution in [2.75, 3.05) is 0 Å². The number of carbonyl (C=O) groups excluding carboxylic acids is 2. The number of aliphatic hydroxyl groups excluding tert-OH is 1. The van der Waals surface area contributed by atoms with Gasteiger partial charge in [-0.1, -0.05) is 40.2 Å². The van der Waals surface area contributed by atoms with Gasteiger partial charge >= 0.3 is 5.69 Å². The van der Waals surface area contributed by atoms with E-state index < -0.39 is 12.0 Å². The minimum atomic E-state index is -0.596. The number of halogens is 1. The van der Waals surface area contributed by atoms with Crippen molar-refractivity contribution in [3.63, 3.8) is 0 Å². The molecule has 0 fully saturated rings. The monoisotopic (exact) mass is 734 g/mol. The van der Waals surface area contributed by atoms with E-state index in [1.165, 1.54) is 4.57 Å². The van der Waals surface area contributed by atoms with Crippen LogP contribution in [-0.2, 0) is 26.2 Å². The minimum absolute atomic E-state index is 0.0586. The number of imidazole rings is 1. The molecule has 254 valence electrons. The maximum atomic E-state index is 14.4. The molecule has 0 aliphatic carbocycles. The van der Waals surface area contributed by atoms with E-state index in [1.54, 1.807) is 57.9 Å². The average Bonchev–Trinajstić information content (AvgIpc) is 3.64. The van der Waals surface area contributed by atoms with Crippen LogP contribution in [0.1, 0.15) is 51.5 Å². The van der Waals surface area contributed by atoms with E-state index in [1.807, 2.05) is 62.4 Å². The third-order valence-electron chi connectivity index (χ3n) is 9.01. The number of aliphatic hydroxyl groups is 1. The Morgan fingerprint density at radius 2 is 1.84 bits per heavy atom.